The Balaban J connectivity index is 1.34. The molecule has 0 aliphatic heterocycles. The van der Waals surface area contributed by atoms with Crippen molar-refractivity contribution in [2.45, 2.75) is 58.3 Å². The molecule has 1 heterocycles. The molecule has 3 N–H and O–H groups in total. The number of aliphatic imine (C=N–C) groups is 1. The number of amides is 1. The Morgan fingerprint density at radius 1 is 1.19 bits per heavy atom. The van der Waals surface area contributed by atoms with Crippen molar-refractivity contribution in [2.24, 2.45) is 10.9 Å². The molecule has 6 nitrogen and oxygen atoms in total. The molecule has 0 unspecified atom stereocenters. The van der Waals surface area contributed by atoms with Crippen molar-refractivity contribution in [3.8, 4) is 0 Å². The van der Waals surface area contributed by atoms with Crippen LogP contribution < -0.4 is 16.0 Å². The van der Waals surface area contributed by atoms with E-state index in [2.05, 4.69) is 27.9 Å². The molecule has 1 aromatic rings. The van der Waals surface area contributed by atoms with E-state index < -0.39 is 0 Å². The molecule has 144 valence electrons. The quantitative estimate of drug-likeness (QED) is 0.350. The zero-order valence-corrected chi connectivity index (χ0v) is 16.6. The molecular weight excluding hydrogens is 346 g/mol. The second-order valence-corrected chi connectivity index (χ2v) is 8.21. The molecule has 2 aliphatic rings. The van der Waals surface area contributed by atoms with Gasteiger partial charge in [-0.15, -0.1) is 11.3 Å². The van der Waals surface area contributed by atoms with E-state index in [0.29, 0.717) is 13.1 Å². The molecule has 0 spiro atoms. The summed E-state index contributed by atoms with van der Waals surface area (Å²) in [5, 5.41) is 10.8. The van der Waals surface area contributed by atoms with Gasteiger partial charge in [-0.05, 0) is 51.9 Å². The van der Waals surface area contributed by atoms with Gasteiger partial charge in [0.15, 0.2) is 5.96 Å². The maximum absolute atomic E-state index is 11.6. The van der Waals surface area contributed by atoms with Gasteiger partial charge in [0.2, 0.25) is 5.91 Å². The first-order valence-corrected chi connectivity index (χ1v) is 10.8. The monoisotopic (exact) mass is 377 g/mol. The summed E-state index contributed by atoms with van der Waals surface area (Å²) < 4.78 is 0. The normalized spacial score (nSPS) is 16.9. The second-order valence-electron chi connectivity index (χ2n) is 7.04. The Morgan fingerprint density at radius 3 is 2.77 bits per heavy atom. The summed E-state index contributed by atoms with van der Waals surface area (Å²) in [4.78, 5) is 22.5. The van der Waals surface area contributed by atoms with Gasteiger partial charge in [0.05, 0.1) is 10.7 Å². The zero-order valence-electron chi connectivity index (χ0n) is 15.8. The minimum atomic E-state index is 0.194. The van der Waals surface area contributed by atoms with Crippen LogP contribution in [0.25, 0.3) is 0 Å². The fourth-order valence-electron chi connectivity index (χ4n) is 3.13. The number of hydrogen-bond donors (Lipinski definition) is 3. The van der Waals surface area contributed by atoms with Crippen molar-refractivity contribution in [1.82, 2.24) is 20.9 Å². The summed E-state index contributed by atoms with van der Waals surface area (Å²) >= 11 is 1.90. The highest BCUT2D eigenvalue weighted by Crippen LogP contribution is 2.28. The lowest BCUT2D eigenvalue weighted by molar-refractivity contribution is -0.122. The predicted octanol–water partition coefficient (Wildman–Crippen LogP) is 2.04. The van der Waals surface area contributed by atoms with E-state index in [1.807, 2.05) is 11.3 Å². The van der Waals surface area contributed by atoms with Crippen molar-refractivity contribution >= 4 is 23.2 Å². The smallest absolute Gasteiger partial charge is 0.223 e. The average Bonchev–Trinajstić information content (AvgIpc) is 3.41. The number of carbonyl (C=O) groups is 1. The molecule has 0 aromatic carbocycles. The van der Waals surface area contributed by atoms with Crippen LogP contribution in [0.3, 0.4) is 0 Å². The number of thiazole rings is 1. The van der Waals surface area contributed by atoms with E-state index >= 15 is 0 Å². The van der Waals surface area contributed by atoms with Gasteiger partial charge in [0, 0.05) is 43.4 Å². The Labute approximate surface area is 160 Å². The summed E-state index contributed by atoms with van der Waals surface area (Å²) in [6.45, 7) is 5.02. The van der Waals surface area contributed by atoms with E-state index in [4.69, 9.17) is 4.98 Å². The maximum atomic E-state index is 11.6. The zero-order chi connectivity index (χ0) is 18.2. The van der Waals surface area contributed by atoms with Gasteiger partial charge in [-0.2, -0.15) is 0 Å². The minimum absolute atomic E-state index is 0.194. The SMILES string of the molecule is CCNC(=NCCCc1nc2c(s1)CCCC2)NCCNC(=O)C1CC1. The molecule has 0 radical (unpaired) electrons. The predicted molar refractivity (Wildman–Crippen MR) is 107 cm³/mol. The third kappa shape index (κ3) is 5.97. The summed E-state index contributed by atoms with van der Waals surface area (Å²) in [5.74, 6) is 1.29. The number of nitrogens with one attached hydrogen (secondary N) is 3. The Bertz CT molecular complexity index is 600. The van der Waals surface area contributed by atoms with Crippen LogP contribution in [0.5, 0.6) is 0 Å². The van der Waals surface area contributed by atoms with Gasteiger partial charge < -0.3 is 16.0 Å². The van der Waals surface area contributed by atoms with Gasteiger partial charge in [-0.3, -0.25) is 9.79 Å². The molecule has 1 fully saturated rings. The Kier molecular flexibility index (Phi) is 7.29. The van der Waals surface area contributed by atoms with Gasteiger partial charge >= 0.3 is 0 Å². The number of nitrogens with zero attached hydrogens (tertiary/aromatic N) is 2. The van der Waals surface area contributed by atoms with Crippen molar-refractivity contribution in [3.05, 3.63) is 15.6 Å². The van der Waals surface area contributed by atoms with E-state index in [9.17, 15) is 4.79 Å². The van der Waals surface area contributed by atoms with E-state index in [-0.39, 0.29) is 11.8 Å². The Morgan fingerprint density at radius 2 is 2.00 bits per heavy atom. The first kappa shape index (κ1) is 19.1. The number of carbonyl (C=O) groups excluding carboxylic acids is 1. The van der Waals surface area contributed by atoms with Gasteiger partial charge in [-0.1, -0.05) is 0 Å². The average molecular weight is 378 g/mol. The number of fused-ring (bicyclic) bond motifs is 1. The van der Waals surface area contributed by atoms with Gasteiger partial charge in [0.1, 0.15) is 0 Å². The van der Waals surface area contributed by atoms with Crippen LogP contribution in [0, 0.1) is 5.92 Å². The van der Waals surface area contributed by atoms with Crippen LogP contribution >= 0.6 is 11.3 Å². The van der Waals surface area contributed by atoms with Crippen molar-refractivity contribution in [3.63, 3.8) is 0 Å². The van der Waals surface area contributed by atoms with Crippen molar-refractivity contribution in [2.75, 3.05) is 26.2 Å². The third-order valence-electron chi connectivity index (χ3n) is 4.72. The highest BCUT2D eigenvalue weighted by Gasteiger charge is 2.28. The molecule has 0 bridgehead atoms. The number of aryl methyl sites for hydroxylation is 3. The molecule has 7 heteroatoms. The lowest BCUT2D eigenvalue weighted by atomic mass is 10.0. The van der Waals surface area contributed by atoms with Crippen molar-refractivity contribution < 1.29 is 4.79 Å². The molecule has 1 aromatic heterocycles. The number of guanidine groups is 1. The lowest BCUT2D eigenvalue weighted by Gasteiger charge is -2.11. The van der Waals surface area contributed by atoms with Crippen LogP contribution in [-0.2, 0) is 24.1 Å². The number of hydrogen-bond acceptors (Lipinski definition) is 4. The summed E-state index contributed by atoms with van der Waals surface area (Å²) in [5.41, 5.74) is 1.35. The fraction of sp³-hybridized carbons (Fsp3) is 0.737. The first-order valence-electron chi connectivity index (χ1n) is 10.0. The summed E-state index contributed by atoms with van der Waals surface area (Å²) in [6, 6.07) is 0. The van der Waals surface area contributed by atoms with E-state index in [1.165, 1.54) is 34.8 Å². The number of aromatic nitrogens is 1. The van der Waals surface area contributed by atoms with Crippen LogP contribution in [0.1, 0.15) is 54.6 Å². The highest BCUT2D eigenvalue weighted by atomic mass is 32.1. The second kappa shape index (κ2) is 9.90. The molecule has 1 saturated carbocycles. The fourth-order valence-corrected chi connectivity index (χ4v) is 4.33. The van der Waals surface area contributed by atoms with Crippen molar-refractivity contribution in [1.29, 1.82) is 0 Å². The van der Waals surface area contributed by atoms with Crippen LogP contribution in [-0.4, -0.2) is 43.0 Å². The van der Waals surface area contributed by atoms with Gasteiger partial charge in [0.25, 0.3) is 0 Å². The van der Waals surface area contributed by atoms with E-state index in [0.717, 1.165) is 51.2 Å². The van der Waals surface area contributed by atoms with Gasteiger partial charge in [-0.25, -0.2) is 4.98 Å². The largest absolute Gasteiger partial charge is 0.357 e. The molecule has 2 aliphatic carbocycles. The van der Waals surface area contributed by atoms with E-state index in [1.54, 1.807) is 0 Å². The molecular formula is C19H31N5OS. The number of rotatable bonds is 9. The van der Waals surface area contributed by atoms with Crippen LogP contribution in [0.4, 0.5) is 0 Å². The maximum Gasteiger partial charge on any atom is 0.223 e. The molecule has 3 rings (SSSR count). The molecule has 0 atom stereocenters. The highest BCUT2D eigenvalue weighted by molar-refractivity contribution is 7.11. The summed E-state index contributed by atoms with van der Waals surface area (Å²) in [7, 11) is 0. The third-order valence-corrected chi connectivity index (χ3v) is 5.93. The standard InChI is InChI=1S/C19H31N5OS/c1-2-20-19(23-13-12-21-18(25)14-9-10-14)22-11-5-8-17-24-15-6-3-4-7-16(15)26-17/h14H,2-13H2,1H3,(H,21,25)(H2,20,22,23). The molecule has 0 saturated heterocycles. The first-order chi connectivity index (χ1) is 12.8. The lowest BCUT2D eigenvalue weighted by Crippen LogP contribution is -2.41. The topological polar surface area (TPSA) is 78.4 Å². The molecule has 1 amide bonds. The molecule has 26 heavy (non-hydrogen) atoms. The Hall–Kier alpha value is -1.63. The summed E-state index contributed by atoms with van der Waals surface area (Å²) in [6.07, 6.45) is 9.11. The van der Waals surface area contributed by atoms with Crippen LogP contribution in [0.2, 0.25) is 0 Å². The minimum Gasteiger partial charge on any atom is -0.357 e. The van der Waals surface area contributed by atoms with Crippen LogP contribution in [0.15, 0.2) is 4.99 Å².